The van der Waals surface area contributed by atoms with Crippen molar-refractivity contribution in [3.05, 3.63) is 82.4 Å². The van der Waals surface area contributed by atoms with E-state index < -0.39 is 27.5 Å². The van der Waals surface area contributed by atoms with Crippen molar-refractivity contribution in [3.8, 4) is 11.5 Å². The molecule has 3 heterocycles. The van der Waals surface area contributed by atoms with Gasteiger partial charge in [-0.2, -0.15) is 0 Å². The summed E-state index contributed by atoms with van der Waals surface area (Å²) in [6.07, 6.45) is 1.13. The quantitative estimate of drug-likeness (QED) is 0.332. The highest BCUT2D eigenvalue weighted by atomic mass is 35.5. The van der Waals surface area contributed by atoms with Crippen molar-refractivity contribution >= 4 is 39.1 Å². The summed E-state index contributed by atoms with van der Waals surface area (Å²) in [7, 11) is 4.05. The Kier molecular flexibility index (Phi) is 9.49. The third kappa shape index (κ3) is 5.73. The predicted molar refractivity (Wildman–Crippen MR) is 184 cm³/mol. The van der Waals surface area contributed by atoms with Crippen LogP contribution in [0.4, 0.5) is 5.69 Å². The van der Waals surface area contributed by atoms with Gasteiger partial charge in [-0.15, -0.1) is 0 Å². The number of amides is 2. The van der Waals surface area contributed by atoms with E-state index in [1.165, 1.54) is 31.3 Å². The van der Waals surface area contributed by atoms with Gasteiger partial charge in [0, 0.05) is 69.5 Å². The lowest BCUT2D eigenvalue weighted by atomic mass is 9.80. The van der Waals surface area contributed by atoms with Gasteiger partial charge in [0.2, 0.25) is 5.91 Å². The second-order valence-electron chi connectivity index (χ2n) is 12.8. The van der Waals surface area contributed by atoms with E-state index in [1.54, 1.807) is 44.4 Å². The molecule has 0 spiro atoms. The molecular formula is C35H42ClN5O6S. The number of hydrogen-bond donors (Lipinski definition) is 0. The Hall–Kier alpha value is -3.68. The first-order chi connectivity index (χ1) is 22.9. The maximum absolute atomic E-state index is 15.5. The Labute approximate surface area is 287 Å². The van der Waals surface area contributed by atoms with Gasteiger partial charge >= 0.3 is 0 Å². The Bertz CT molecular complexity index is 1810. The molecule has 0 aromatic heterocycles. The van der Waals surface area contributed by atoms with Gasteiger partial charge in [-0.3, -0.25) is 19.4 Å². The number of likely N-dealkylation sites (tertiary alicyclic amines) is 1. The molecule has 3 aromatic rings. The molecule has 3 aromatic carbocycles. The fourth-order valence-electron chi connectivity index (χ4n) is 7.25. The topological polar surface area (TPSA) is 103 Å². The lowest BCUT2D eigenvalue weighted by Crippen LogP contribution is -2.59. The molecule has 256 valence electrons. The summed E-state index contributed by atoms with van der Waals surface area (Å²) in [5, 5.41) is 0.330. The van der Waals surface area contributed by atoms with Crippen LogP contribution in [-0.4, -0.2) is 114 Å². The van der Waals surface area contributed by atoms with Crippen LogP contribution in [0.15, 0.2) is 65.6 Å². The van der Waals surface area contributed by atoms with Crippen molar-refractivity contribution in [2.45, 2.75) is 35.9 Å². The number of halogens is 1. The first-order valence-electron chi connectivity index (χ1n) is 16.0. The van der Waals surface area contributed by atoms with E-state index >= 15 is 4.79 Å². The molecule has 0 aliphatic carbocycles. The molecule has 3 aliphatic rings. The third-order valence-electron chi connectivity index (χ3n) is 9.72. The predicted octanol–water partition coefficient (Wildman–Crippen LogP) is 3.64. The first kappa shape index (κ1) is 34.2. The molecule has 0 saturated carbocycles. The van der Waals surface area contributed by atoms with E-state index in [0.717, 1.165) is 36.0 Å². The van der Waals surface area contributed by atoms with E-state index in [4.69, 9.17) is 21.1 Å². The highest BCUT2D eigenvalue weighted by Crippen LogP contribution is 2.55. The van der Waals surface area contributed by atoms with E-state index in [9.17, 15) is 13.2 Å². The molecule has 6 rings (SSSR count). The molecule has 2 atom stereocenters. The van der Waals surface area contributed by atoms with Crippen LogP contribution in [0.1, 0.15) is 29.5 Å². The average Bonchev–Trinajstić information content (AvgIpc) is 3.66. The lowest BCUT2D eigenvalue weighted by Gasteiger charge is -2.42. The Balaban J connectivity index is 1.60. The molecule has 2 fully saturated rings. The molecule has 2 amide bonds. The van der Waals surface area contributed by atoms with Crippen molar-refractivity contribution in [2.75, 3.05) is 72.4 Å². The number of rotatable bonds is 9. The zero-order valence-electron chi connectivity index (χ0n) is 28.0. The highest BCUT2D eigenvalue weighted by Gasteiger charge is 2.63. The van der Waals surface area contributed by atoms with Crippen LogP contribution < -0.4 is 13.8 Å². The number of sulfonamides is 1. The monoisotopic (exact) mass is 695 g/mol. The molecular weight excluding hydrogens is 654 g/mol. The fourth-order valence-corrected chi connectivity index (χ4v) is 8.89. The molecule has 0 bridgehead atoms. The molecule has 48 heavy (non-hydrogen) atoms. The van der Waals surface area contributed by atoms with Gasteiger partial charge in [-0.05, 0) is 80.1 Å². The van der Waals surface area contributed by atoms with Crippen molar-refractivity contribution in [1.29, 1.82) is 0 Å². The second-order valence-corrected chi connectivity index (χ2v) is 15.0. The summed E-state index contributed by atoms with van der Waals surface area (Å²) in [6.45, 7) is 4.66. The first-order valence-corrected chi connectivity index (χ1v) is 17.8. The van der Waals surface area contributed by atoms with Crippen molar-refractivity contribution in [1.82, 2.24) is 19.6 Å². The lowest BCUT2D eigenvalue weighted by molar-refractivity contribution is -0.138. The second kappa shape index (κ2) is 13.3. The molecule has 0 N–H and O–H groups in total. The largest absolute Gasteiger partial charge is 0.497 e. The average molecular weight is 696 g/mol. The van der Waals surface area contributed by atoms with Gasteiger partial charge < -0.3 is 19.3 Å². The normalized spacial score (nSPS) is 22.2. The number of benzene rings is 3. The minimum absolute atomic E-state index is 0.0773. The van der Waals surface area contributed by atoms with Crippen LogP contribution in [0.2, 0.25) is 5.02 Å². The molecule has 0 radical (unpaired) electrons. The summed E-state index contributed by atoms with van der Waals surface area (Å²) in [4.78, 5) is 37.3. The number of anilines is 1. The smallest absolute Gasteiger partial charge is 0.271 e. The van der Waals surface area contributed by atoms with E-state index in [1.807, 2.05) is 23.1 Å². The SMILES string of the molecule is COc1ccc(S(=O)(=O)N2C(=O)C(c3cc(CN4CCN(C)CC4)ccc3OC)(N3CCC[C@H]3C(=O)N(C)C)c3cc(Cl)ccc32)cc1. The zero-order valence-corrected chi connectivity index (χ0v) is 29.6. The van der Waals surface area contributed by atoms with Crippen LogP contribution in [0.3, 0.4) is 0 Å². The van der Waals surface area contributed by atoms with Gasteiger partial charge in [0.25, 0.3) is 15.9 Å². The minimum Gasteiger partial charge on any atom is -0.497 e. The van der Waals surface area contributed by atoms with E-state index in [0.29, 0.717) is 53.6 Å². The van der Waals surface area contributed by atoms with Crippen molar-refractivity contribution < 1.29 is 27.5 Å². The molecule has 3 aliphatic heterocycles. The number of ether oxygens (including phenoxy) is 2. The number of piperazine rings is 1. The van der Waals surface area contributed by atoms with Crippen LogP contribution in [-0.2, 0) is 31.7 Å². The number of likely N-dealkylation sites (N-methyl/N-ethyl adjacent to an activating group) is 2. The van der Waals surface area contributed by atoms with E-state index in [2.05, 4.69) is 16.8 Å². The standard InChI is InChI=1S/C35H42ClN5O6S/c1-37(2)33(42)31-7-6-16-40(31)35(29-21-24(8-15-32(29)47-5)23-39-19-17-38(3)18-20-39)28-22-25(36)9-14-30(28)41(34(35)43)48(44,45)27-12-10-26(46-4)11-13-27/h8-15,21-22,31H,6-7,16-20,23H2,1-5H3/t31-,35?/m0/s1. The van der Waals surface area contributed by atoms with Gasteiger partial charge in [0.15, 0.2) is 5.54 Å². The third-order valence-corrected chi connectivity index (χ3v) is 11.7. The summed E-state index contributed by atoms with van der Waals surface area (Å²) in [5.41, 5.74) is 0.212. The molecule has 1 unspecified atom stereocenters. The molecule has 13 heteroatoms. The number of carbonyl (C=O) groups is 2. The number of fused-ring (bicyclic) bond motifs is 1. The van der Waals surface area contributed by atoms with Crippen LogP contribution in [0, 0.1) is 0 Å². The van der Waals surface area contributed by atoms with Crippen LogP contribution >= 0.6 is 11.6 Å². The van der Waals surface area contributed by atoms with E-state index in [-0.39, 0.29) is 16.5 Å². The van der Waals surface area contributed by atoms with Crippen molar-refractivity contribution in [3.63, 3.8) is 0 Å². The number of methoxy groups -OCH3 is 2. The minimum atomic E-state index is -4.45. The summed E-state index contributed by atoms with van der Waals surface area (Å²) >= 11 is 6.67. The maximum Gasteiger partial charge on any atom is 0.271 e. The Morgan fingerprint density at radius 1 is 0.938 bits per heavy atom. The number of hydrogen-bond acceptors (Lipinski definition) is 9. The Morgan fingerprint density at radius 3 is 2.29 bits per heavy atom. The molecule has 11 nitrogen and oxygen atoms in total. The van der Waals surface area contributed by atoms with Crippen LogP contribution in [0.5, 0.6) is 11.5 Å². The summed E-state index contributed by atoms with van der Waals surface area (Å²) in [5.74, 6) is -0.00773. The highest BCUT2D eigenvalue weighted by molar-refractivity contribution is 7.93. The molecule has 2 saturated heterocycles. The van der Waals surface area contributed by atoms with Gasteiger partial charge in [0.05, 0.1) is 30.8 Å². The van der Waals surface area contributed by atoms with Crippen molar-refractivity contribution in [2.24, 2.45) is 0 Å². The summed E-state index contributed by atoms with van der Waals surface area (Å²) in [6, 6.07) is 15.8. The van der Waals surface area contributed by atoms with Gasteiger partial charge in [-0.25, -0.2) is 12.7 Å². The zero-order chi connectivity index (χ0) is 34.4. The Morgan fingerprint density at radius 2 is 1.65 bits per heavy atom. The van der Waals surface area contributed by atoms with Gasteiger partial charge in [0.1, 0.15) is 11.5 Å². The number of carbonyl (C=O) groups excluding carboxylic acids is 2. The maximum atomic E-state index is 15.5. The van der Waals surface area contributed by atoms with Gasteiger partial charge in [-0.1, -0.05) is 17.7 Å². The number of nitrogens with zero attached hydrogens (tertiary/aromatic N) is 5. The van der Waals surface area contributed by atoms with Crippen LogP contribution in [0.25, 0.3) is 0 Å². The summed E-state index contributed by atoms with van der Waals surface area (Å²) < 4.78 is 41.2. The fraction of sp³-hybridized carbons (Fsp3) is 0.429.